The minimum Gasteiger partial charge on any atom is -0.497 e. The highest BCUT2D eigenvalue weighted by molar-refractivity contribution is 5.40. The lowest BCUT2D eigenvalue weighted by Crippen LogP contribution is -2.16. The van der Waals surface area contributed by atoms with E-state index in [1.165, 1.54) is 12.8 Å². The predicted molar refractivity (Wildman–Crippen MR) is 74.8 cm³/mol. The summed E-state index contributed by atoms with van der Waals surface area (Å²) >= 11 is 0. The number of hydrogen-bond donors (Lipinski definition) is 1. The van der Waals surface area contributed by atoms with Crippen molar-refractivity contribution in [2.75, 3.05) is 26.9 Å². The first-order valence-electron chi connectivity index (χ1n) is 6.94. The van der Waals surface area contributed by atoms with Crippen LogP contribution in [0, 0.1) is 0 Å². The molecule has 0 bridgehead atoms. The summed E-state index contributed by atoms with van der Waals surface area (Å²) in [4.78, 5) is 0. The monoisotopic (exact) mass is 265 g/mol. The summed E-state index contributed by atoms with van der Waals surface area (Å²) in [5.41, 5.74) is 1.14. The van der Waals surface area contributed by atoms with Crippen molar-refractivity contribution in [3.05, 3.63) is 23.8 Å². The highest BCUT2D eigenvalue weighted by Crippen LogP contribution is 2.26. The van der Waals surface area contributed by atoms with Gasteiger partial charge >= 0.3 is 0 Å². The SMILES string of the molecule is CCOCCOc1ccc(OC)cc1CNC1CC1. The topological polar surface area (TPSA) is 39.7 Å². The maximum Gasteiger partial charge on any atom is 0.124 e. The zero-order valence-electron chi connectivity index (χ0n) is 11.8. The van der Waals surface area contributed by atoms with Crippen molar-refractivity contribution in [3.63, 3.8) is 0 Å². The molecule has 1 aromatic carbocycles. The minimum absolute atomic E-state index is 0.580. The van der Waals surface area contributed by atoms with E-state index in [1.54, 1.807) is 7.11 Å². The Hall–Kier alpha value is -1.26. The molecule has 0 spiro atoms. The summed E-state index contributed by atoms with van der Waals surface area (Å²) in [5, 5.41) is 3.50. The van der Waals surface area contributed by atoms with Crippen LogP contribution in [-0.2, 0) is 11.3 Å². The number of rotatable bonds is 9. The van der Waals surface area contributed by atoms with Crippen LogP contribution in [0.5, 0.6) is 11.5 Å². The van der Waals surface area contributed by atoms with Gasteiger partial charge in [-0.05, 0) is 38.0 Å². The van der Waals surface area contributed by atoms with Crippen LogP contribution in [-0.4, -0.2) is 33.0 Å². The summed E-state index contributed by atoms with van der Waals surface area (Å²) in [6, 6.07) is 6.61. The Morgan fingerprint density at radius 2 is 2.11 bits per heavy atom. The predicted octanol–water partition coefficient (Wildman–Crippen LogP) is 2.36. The summed E-state index contributed by atoms with van der Waals surface area (Å²) in [7, 11) is 1.68. The molecule has 106 valence electrons. The van der Waals surface area contributed by atoms with Gasteiger partial charge in [0, 0.05) is 24.8 Å². The second kappa shape index (κ2) is 7.36. The van der Waals surface area contributed by atoms with Gasteiger partial charge in [-0.3, -0.25) is 0 Å². The van der Waals surface area contributed by atoms with E-state index < -0.39 is 0 Å². The van der Waals surface area contributed by atoms with Crippen LogP contribution < -0.4 is 14.8 Å². The van der Waals surface area contributed by atoms with Crippen LogP contribution in [0.2, 0.25) is 0 Å². The maximum absolute atomic E-state index is 5.77. The van der Waals surface area contributed by atoms with Crippen LogP contribution in [0.25, 0.3) is 0 Å². The molecular formula is C15H23NO3. The second-order valence-corrected chi connectivity index (χ2v) is 4.67. The van der Waals surface area contributed by atoms with Crippen molar-refractivity contribution in [3.8, 4) is 11.5 Å². The molecule has 1 saturated carbocycles. The third kappa shape index (κ3) is 4.73. The van der Waals surface area contributed by atoms with Gasteiger partial charge in [-0.1, -0.05) is 0 Å². The molecule has 1 aliphatic carbocycles. The van der Waals surface area contributed by atoms with Crippen molar-refractivity contribution >= 4 is 0 Å². The Kier molecular flexibility index (Phi) is 5.48. The molecule has 0 aromatic heterocycles. The lowest BCUT2D eigenvalue weighted by atomic mass is 10.2. The Balaban J connectivity index is 1.93. The zero-order valence-corrected chi connectivity index (χ0v) is 11.8. The normalized spacial score (nSPS) is 14.4. The Bertz CT molecular complexity index is 391. The lowest BCUT2D eigenvalue weighted by molar-refractivity contribution is 0.110. The highest BCUT2D eigenvalue weighted by Gasteiger charge is 2.20. The largest absolute Gasteiger partial charge is 0.497 e. The van der Waals surface area contributed by atoms with Gasteiger partial charge < -0.3 is 19.5 Å². The Morgan fingerprint density at radius 3 is 2.79 bits per heavy atom. The van der Waals surface area contributed by atoms with Crippen LogP contribution in [0.4, 0.5) is 0 Å². The van der Waals surface area contributed by atoms with E-state index in [0.717, 1.165) is 30.2 Å². The number of ether oxygens (including phenoxy) is 3. The van der Waals surface area contributed by atoms with E-state index >= 15 is 0 Å². The van der Waals surface area contributed by atoms with E-state index in [1.807, 2.05) is 25.1 Å². The minimum atomic E-state index is 0.580. The molecule has 1 aromatic rings. The molecule has 0 saturated heterocycles. The van der Waals surface area contributed by atoms with Crippen LogP contribution in [0.1, 0.15) is 25.3 Å². The third-order valence-corrected chi connectivity index (χ3v) is 3.12. The Morgan fingerprint density at radius 1 is 1.26 bits per heavy atom. The Labute approximate surface area is 115 Å². The molecule has 2 rings (SSSR count). The first-order valence-corrected chi connectivity index (χ1v) is 6.94. The molecule has 4 nitrogen and oxygen atoms in total. The summed E-state index contributed by atoms with van der Waals surface area (Å²) in [6.07, 6.45) is 2.56. The lowest BCUT2D eigenvalue weighted by Gasteiger charge is -2.13. The van der Waals surface area contributed by atoms with E-state index in [4.69, 9.17) is 14.2 Å². The van der Waals surface area contributed by atoms with E-state index in [-0.39, 0.29) is 0 Å². The number of methoxy groups -OCH3 is 1. The molecule has 0 heterocycles. The highest BCUT2D eigenvalue weighted by atomic mass is 16.5. The maximum atomic E-state index is 5.77. The summed E-state index contributed by atoms with van der Waals surface area (Å²) in [5.74, 6) is 1.78. The van der Waals surface area contributed by atoms with Gasteiger partial charge in [0.15, 0.2) is 0 Å². The first kappa shape index (κ1) is 14.2. The average Bonchev–Trinajstić information content (AvgIpc) is 3.26. The number of benzene rings is 1. The molecule has 0 atom stereocenters. The smallest absolute Gasteiger partial charge is 0.124 e. The average molecular weight is 265 g/mol. The molecule has 0 amide bonds. The molecule has 0 aliphatic heterocycles. The van der Waals surface area contributed by atoms with E-state index in [0.29, 0.717) is 19.3 Å². The number of hydrogen-bond acceptors (Lipinski definition) is 4. The van der Waals surface area contributed by atoms with Gasteiger partial charge in [-0.25, -0.2) is 0 Å². The summed E-state index contributed by atoms with van der Waals surface area (Å²) < 4.78 is 16.3. The molecule has 1 fully saturated rings. The van der Waals surface area contributed by atoms with Crippen LogP contribution in [0.3, 0.4) is 0 Å². The van der Waals surface area contributed by atoms with Crippen molar-refractivity contribution in [2.24, 2.45) is 0 Å². The van der Waals surface area contributed by atoms with Gasteiger partial charge in [-0.2, -0.15) is 0 Å². The fourth-order valence-electron chi connectivity index (χ4n) is 1.86. The van der Waals surface area contributed by atoms with Crippen LogP contribution >= 0.6 is 0 Å². The number of nitrogens with one attached hydrogen (secondary N) is 1. The van der Waals surface area contributed by atoms with Gasteiger partial charge in [0.25, 0.3) is 0 Å². The fraction of sp³-hybridized carbons (Fsp3) is 0.600. The third-order valence-electron chi connectivity index (χ3n) is 3.12. The molecule has 1 aliphatic rings. The van der Waals surface area contributed by atoms with Gasteiger partial charge in [-0.15, -0.1) is 0 Å². The summed E-state index contributed by atoms with van der Waals surface area (Å²) in [6.45, 7) is 4.74. The van der Waals surface area contributed by atoms with E-state index in [9.17, 15) is 0 Å². The quantitative estimate of drug-likeness (QED) is 0.696. The van der Waals surface area contributed by atoms with Crippen molar-refractivity contribution < 1.29 is 14.2 Å². The standard InChI is InChI=1S/C15H23NO3/c1-3-18-8-9-19-15-7-6-14(17-2)10-12(15)11-16-13-4-5-13/h6-7,10,13,16H,3-5,8-9,11H2,1-2H3. The van der Waals surface area contributed by atoms with Crippen molar-refractivity contribution in [1.82, 2.24) is 5.32 Å². The van der Waals surface area contributed by atoms with Gasteiger partial charge in [0.1, 0.15) is 18.1 Å². The van der Waals surface area contributed by atoms with E-state index in [2.05, 4.69) is 5.32 Å². The molecule has 4 heteroatoms. The van der Waals surface area contributed by atoms with Crippen LogP contribution in [0.15, 0.2) is 18.2 Å². The van der Waals surface area contributed by atoms with Crippen molar-refractivity contribution in [1.29, 1.82) is 0 Å². The van der Waals surface area contributed by atoms with Gasteiger partial charge in [0.05, 0.1) is 13.7 Å². The zero-order chi connectivity index (χ0) is 13.5. The molecular weight excluding hydrogens is 242 g/mol. The first-order chi connectivity index (χ1) is 9.33. The molecule has 1 N–H and O–H groups in total. The second-order valence-electron chi connectivity index (χ2n) is 4.67. The van der Waals surface area contributed by atoms with Crippen molar-refractivity contribution in [2.45, 2.75) is 32.4 Å². The molecule has 0 radical (unpaired) electrons. The molecule has 19 heavy (non-hydrogen) atoms. The van der Waals surface area contributed by atoms with Gasteiger partial charge in [0.2, 0.25) is 0 Å². The fourth-order valence-corrected chi connectivity index (χ4v) is 1.86. The molecule has 0 unspecified atom stereocenters.